The van der Waals surface area contributed by atoms with Gasteiger partial charge in [0.1, 0.15) is 0 Å². The number of unbranched alkanes of at least 4 members (excludes halogenated alkanes) is 2. The van der Waals surface area contributed by atoms with Crippen molar-refractivity contribution in [1.82, 2.24) is 5.32 Å². The lowest BCUT2D eigenvalue weighted by Gasteiger charge is -2.06. The lowest BCUT2D eigenvalue weighted by atomic mass is 10.1. The first-order valence-corrected chi connectivity index (χ1v) is 7.77. The maximum Gasteiger partial charge on any atom is 0.325 e. The van der Waals surface area contributed by atoms with E-state index in [9.17, 15) is 9.36 Å². The van der Waals surface area contributed by atoms with Crippen LogP contribution in [0.2, 0.25) is 0 Å². The monoisotopic (exact) mass is 275 g/mol. The van der Waals surface area contributed by atoms with Crippen LogP contribution in [-0.4, -0.2) is 28.4 Å². The molecule has 0 aliphatic carbocycles. The summed E-state index contributed by atoms with van der Waals surface area (Å²) in [6.45, 7) is 6.00. The van der Waals surface area contributed by atoms with E-state index in [1.54, 1.807) is 6.08 Å². The minimum atomic E-state index is -3.87. The van der Waals surface area contributed by atoms with Crippen molar-refractivity contribution >= 4 is 13.5 Å². The molecule has 0 aromatic carbocycles. The van der Waals surface area contributed by atoms with Crippen molar-refractivity contribution in [1.29, 1.82) is 0 Å². The van der Waals surface area contributed by atoms with Gasteiger partial charge in [0.05, 0.1) is 6.42 Å². The largest absolute Gasteiger partial charge is 0.356 e. The highest BCUT2D eigenvalue weighted by Crippen LogP contribution is 2.35. The van der Waals surface area contributed by atoms with Gasteiger partial charge in [-0.3, -0.25) is 9.36 Å². The topological polar surface area (TPSA) is 86.6 Å². The smallest absolute Gasteiger partial charge is 0.325 e. The van der Waals surface area contributed by atoms with Gasteiger partial charge in [-0.15, -0.1) is 0 Å². The van der Waals surface area contributed by atoms with Crippen LogP contribution in [0.5, 0.6) is 0 Å². The van der Waals surface area contributed by atoms with Crippen LogP contribution in [0, 0.1) is 0 Å². The van der Waals surface area contributed by atoms with Gasteiger partial charge in [-0.2, -0.15) is 0 Å². The molecule has 0 saturated heterocycles. The molecular weight excluding hydrogens is 253 g/mol. The summed E-state index contributed by atoms with van der Waals surface area (Å²) < 4.78 is 10.6. The van der Waals surface area contributed by atoms with Crippen molar-refractivity contribution in [2.24, 2.45) is 0 Å². The summed E-state index contributed by atoms with van der Waals surface area (Å²) in [5, 5.41) is 2.76. The minimum absolute atomic E-state index is 0.0574. The molecule has 0 rings (SSSR count). The molecule has 6 heteroatoms. The van der Waals surface area contributed by atoms with Crippen LogP contribution in [0.4, 0.5) is 0 Å². The second kappa shape index (κ2) is 9.09. The molecular formula is C12H22NO4P. The van der Waals surface area contributed by atoms with Crippen molar-refractivity contribution in [3.05, 3.63) is 24.3 Å². The Balaban J connectivity index is 3.58. The molecule has 0 aromatic heterocycles. The van der Waals surface area contributed by atoms with Gasteiger partial charge in [-0.25, -0.2) is 0 Å². The third kappa shape index (κ3) is 10.3. The van der Waals surface area contributed by atoms with Crippen molar-refractivity contribution in [2.45, 2.75) is 32.6 Å². The van der Waals surface area contributed by atoms with Crippen LogP contribution < -0.4 is 5.32 Å². The summed E-state index contributed by atoms with van der Waals surface area (Å²) in [5.74, 6) is -0.0574. The molecule has 0 spiro atoms. The Morgan fingerprint density at radius 2 is 2.00 bits per heavy atom. The molecule has 0 aliphatic heterocycles. The molecule has 0 heterocycles. The molecule has 0 radical (unpaired) electrons. The lowest BCUT2D eigenvalue weighted by Crippen LogP contribution is -2.24. The van der Waals surface area contributed by atoms with Crippen LogP contribution in [0.1, 0.15) is 32.6 Å². The molecule has 0 aliphatic rings. The summed E-state index contributed by atoms with van der Waals surface area (Å²) in [6, 6.07) is 0. The number of allylic oxidation sites excluding steroid dienone is 2. The summed E-state index contributed by atoms with van der Waals surface area (Å²) >= 11 is 0. The van der Waals surface area contributed by atoms with E-state index in [4.69, 9.17) is 9.79 Å². The quantitative estimate of drug-likeness (QED) is 0.341. The molecule has 0 saturated carbocycles. The molecule has 0 aromatic rings. The Morgan fingerprint density at radius 3 is 2.50 bits per heavy atom. The first-order valence-electron chi connectivity index (χ1n) is 5.98. The van der Waals surface area contributed by atoms with Crippen molar-refractivity contribution in [2.75, 3.05) is 12.7 Å². The molecule has 104 valence electrons. The van der Waals surface area contributed by atoms with Crippen molar-refractivity contribution in [3.8, 4) is 0 Å². The predicted molar refractivity (Wildman–Crippen MR) is 72.3 cm³/mol. The fourth-order valence-electron chi connectivity index (χ4n) is 1.39. The van der Waals surface area contributed by atoms with Crippen molar-refractivity contribution in [3.63, 3.8) is 0 Å². The zero-order chi connectivity index (χ0) is 14.0. The van der Waals surface area contributed by atoms with E-state index in [0.29, 0.717) is 25.8 Å². The van der Waals surface area contributed by atoms with Crippen molar-refractivity contribution < 1.29 is 19.1 Å². The van der Waals surface area contributed by atoms with E-state index in [1.165, 1.54) is 0 Å². The molecule has 0 fully saturated rings. The standard InChI is InChI=1S/C12H22NO4P/c1-3-11(4-2)10-12(14)13-8-6-5-7-9-18(15,16)17/h3-4H,1,5-10H2,2H3,(H,13,14)(H2,15,16,17)/b11-4+. The number of carbonyl (C=O) groups excluding carboxylic acids is 1. The third-order valence-corrected chi connectivity index (χ3v) is 3.34. The normalized spacial score (nSPS) is 12.3. The molecule has 5 nitrogen and oxygen atoms in total. The number of rotatable bonds is 9. The predicted octanol–water partition coefficient (Wildman–Crippen LogP) is 1.97. The Hall–Kier alpha value is -0.900. The second-order valence-electron chi connectivity index (χ2n) is 4.04. The third-order valence-electron chi connectivity index (χ3n) is 2.45. The van der Waals surface area contributed by atoms with Crippen LogP contribution >= 0.6 is 7.60 Å². The average Bonchev–Trinajstić information content (AvgIpc) is 2.29. The van der Waals surface area contributed by atoms with Gasteiger partial charge in [0.15, 0.2) is 0 Å². The minimum Gasteiger partial charge on any atom is -0.356 e. The maximum atomic E-state index is 11.4. The number of hydrogen-bond donors (Lipinski definition) is 3. The van der Waals surface area contributed by atoms with Crippen LogP contribution in [-0.2, 0) is 9.36 Å². The molecule has 0 unspecified atom stereocenters. The van der Waals surface area contributed by atoms with Gasteiger partial charge < -0.3 is 15.1 Å². The zero-order valence-corrected chi connectivity index (χ0v) is 11.7. The fraction of sp³-hybridized carbons (Fsp3) is 0.583. The van der Waals surface area contributed by atoms with Crippen LogP contribution in [0.3, 0.4) is 0 Å². The van der Waals surface area contributed by atoms with E-state index < -0.39 is 7.60 Å². The number of hydrogen-bond acceptors (Lipinski definition) is 2. The van der Waals surface area contributed by atoms with Gasteiger partial charge in [0.2, 0.25) is 5.91 Å². The Kier molecular flexibility index (Phi) is 8.63. The number of nitrogens with one attached hydrogen (secondary N) is 1. The average molecular weight is 275 g/mol. The molecule has 3 N–H and O–H groups in total. The van der Waals surface area contributed by atoms with E-state index >= 15 is 0 Å². The van der Waals surface area contributed by atoms with E-state index in [2.05, 4.69) is 11.9 Å². The van der Waals surface area contributed by atoms with Crippen LogP contribution in [0.25, 0.3) is 0 Å². The van der Waals surface area contributed by atoms with Gasteiger partial charge in [-0.1, -0.05) is 25.2 Å². The Morgan fingerprint density at radius 1 is 1.33 bits per heavy atom. The maximum absolute atomic E-state index is 11.4. The van der Waals surface area contributed by atoms with Gasteiger partial charge in [-0.05, 0) is 25.3 Å². The molecule has 18 heavy (non-hydrogen) atoms. The summed E-state index contributed by atoms with van der Waals surface area (Å²) in [5.41, 5.74) is 0.883. The van der Waals surface area contributed by atoms with Gasteiger partial charge in [0, 0.05) is 12.7 Å². The lowest BCUT2D eigenvalue weighted by molar-refractivity contribution is -0.120. The van der Waals surface area contributed by atoms with Gasteiger partial charge in [0.25, 0.3) is 0 Å². The van der Waals surface area contributed by atoms with E-state index in [-0.39, 0.29) is 12.1 Å². The highest BCUT2D eigenvalue weighted by Gasteiger charge is 2.11. The highest BCUT2D eigenvalue weighted by molar-refractivity contribution is 7.51. The number of amides is 1. The fourth-order valence-corrected chi connectivity index (χ4v) is 2.02. The number of carbonyl (C=O) groups is 1. The van der Waals surface area contributed by atoms with Gasteiger partial charge >= 0.3 is 7.60 Å². The molecule has 0 atom stereocenters. The molecule has 1 amide bonds. The van der Waals surface area contributed by atoms with E-state index in [1.807, 2.05) is 13.0 Å². The summed E-state index contributed by atoms with van der Waals surface area (Å²) in [4.78, 5) is 28.7. The SMILES string of the molecule is C=C/C(=C\C)CC(=O)NCCCCCP(=O)(O)O. The zero-order valence-electron chi connectivity index (χ0n) is 10.8. The molecule has 0 bridgehead atoms. The second-order valence-corrected chi connectivity index (χ2v) is 5.82. The Bertz CT molecular complexity index is 346. The van der Waals surface area contributed by atoms with E-state index in [0.717, 1.165) is 12.0 Å². The highest BCUT2D eigenvalue weighted by atomic mass is 31.2. The first-order chi connectivity index (χ1) is 8.39. The summed E-state index contributed by atoms with van der Waals surface area (Å²) in [7, 11) is -3.87. The summed E-state index contributed by atoms with van der Waals surface area (Å²) in [6.07, 6.45) is 5.64. The van der Waals surface area contributed by atoms with Crippen LogP contribution in [0.15, 0.2) is 24.3 Å². The Labute approximate surface area is 108 Å². The first kappa shape index (κ1) is 17.1.